The van der Waals surface area contributed by atoms with Gasteiger partial charge < -0.3 is 14.7 Å². The molecular weight excluding hydrogens is 358 g/mol. The number of carboxylic acids is 1. The highest BCUT2D eigenvalue weighted by molar-refractivity contribution is 6.30. The van der Waals surface area contributed by atoms with Gasteiger partial charge in [0.2, 0.25) is 0 Å². The number of carboxylic acid groups (broad SMARTS) is 1. The summed E-state index contributed by atoms with van der Waals surface area (Å²) in [5, 5.41) is 13.9. The van der Waals surface area contributed by atoms with Crippen molar-refractivity contribution < 1.29 is 19.4 Å². The molecule has 26 heavy (non-hydrogen) atoms. The Morgan fingerprint density at radius 2 is 1.96 bits per heavy atom. The van der Waals surface area contributed by atoms with Crippen LogP contribution in [0.1, 0.15) is 45.3 Å². The average molecular weight is 378 g/mol. The highest BCUT2D eigenvalue weighted by atomic mass is 35.5. The minimum atomic E-state index is -0.976. The molecule has 0 bridgehead atoms. The quantitative estimate of drug-likeness (QED) is 0.885. The molecule has 1 aromatic heterocycles. The van der Waals surface area contributed by atoms with Gasteiger partial charge in [-0.3, -0.25) is 9.48 Å². The van der Waals surface area contributed by atoms with Gasteiger partial charge in [0.25, 0.3) is 5.91 Å². The third-order valence-electron chi connectivity index (χ3n) is 4.77. The highest BCUT2D eigenvalue weighted by Crippen LogP contribution is 2.28. The predicted octanol–water partition coefficient (Wildman–Crippen LogP) is 3.03. The molecule has 3 rings (SSSR count). The number of benzene rings is 1. The van der Waals surface area contributed by atoms with Gasteiger partial charge in [-0.1, -0.05) is 11.6 Å². The Kier molecular flexibility index (Phi) is 5.18. The van der Waals surface area contributed by atoms with Gasteiger partial charge in [0.15, 0.2) is 0 Å². The number of hydrogen-bond donors (Lipinski definition) is 1. The lowest BCUT2D eigenvalue weighted by Gasteiger charge is -2.33. The van der Waals surface area contributed by atoms with Crippen LogP contribution in [-0.4, -0.2) is 51.9 Å². The van der Waals surface area contributed by atoms with Gasteiger partial charge in [-0.2, -0.15) is 5.10 Å². The zero-order chi connectivity index (χ0) is 18.8. The van der Waals surface area contributed by atoms with Crippen molar-refractivity contribution in [2.75, 3.05) is 20.2 Å². The summed E-state index contributed by atoms with van der Waals surface area (Å²) in [6, 6.07) is 5.05. The van der Waals surface area contributed by atoms with Crippen molar-refractivity contribution in [2.24, 2.45) is 0 Å². The van der Waals surface area contributed by atoms with Gasteiger partial charge in [-0.25, -0.2) is 4.79 Å². The molecule has 2 aromatic rings. The maximum atomic E-state index is 12.8. The number of aromatic carboxylic acids is 1. The lowest BCUT2D eigenvalue weighted by molar-refractivity contribution is 0.0685. The number of hydrogen-bond acceptors (Lipinski definition) is 4. The van der Waals surface area contributed by atoms with E-state index in [1.165, 1.54) is 13.3 Å². The first-order chi connectivity index (χ1) is 12.4. The number of nitrogens with zero attached hydrogens (tertiary/aromatic N) is 3. The number of halogens is 1. The summed E-state index contributed by atoms with van der Waals surface area (Å²) >= 11 is 5.96. The van der Waals surface area contributed by atoms with Crippen molar-refractivity contribution in [3.63, 3.8) is 0 Å². The van der Waals surface area contributed by atoms with Crippen LogP contribution in [0.25, 0.3) is 0 Å². The molecule has 1 aliphatic rings. The second kappa shape index (κ2) is 7.37. The molecule has 7 nitrogen and oxygen atoms in total. The fourth-order valence-corrected chi connectivity index (χ4v) is 3.49. The molecule has 1 saturated heterocycles. The fourth-order valence-electron chi connectivity index (χ4n) is 3.33. The molecule has 1 amide bonds. The number of rotatable bonds is 4. The Morgan fingerprint density at radius 3 is 2.54 bits per heavy atom. The van der Waals surface area contributed by atoms with E-state index in [9.17, 15) is 9.59 Å². The molecule has 0 unspecified atom stereocenters. The van der Waals surface area contributed by atoms with E-state index >= 15 is 0 Å². The predicted molar refractivity (Wildman–Crippen MR) is 96.1 cm³/mol. The SMILES string of the molecule is COc1cc(Cl)ccc1C(=O)N1CCC(n2ncc(C(=O)O)c2C)CC1. The molecule has 1 aliphatic heterocycles. The van der Waals surface area contributed by atoms with Crippen LogP contribution in [-0.2, 0) is 0 Å². The molecule has 0 aliphatic carbocycles. The van der Waals surface area contributed by atoms with Gasteiger partial charge in [0.05, 0.1) is 30.6 Å². The maximum Gasteiger partial charge on any atom is 0.339 e. The van der Waals surface area contributed by atoms with E-state index in [2.05, 4.69) is 5.10 Å². The number of amides is 1. The third-order valence-corrected chi connectivity index (χ3v) is 5.00. The number of methoxy groups -OCH3 is 1. The van der Waals surface area contributed by atoms with Crippen molar-refractivity contribution in [1.82, 2.24) is 14.7 Å². The van der Waals surface area contributed by atoms with E-state index in [0.717, 1.165) is 0 Å². The van der Waals surface area contributed by atoms with Crippen molar-refractivity contribution in [3.8, 4) is 5.75 Å². The van der Waals surface area contributed by atoms with Crippen molar-refractivity contribution in [3.05, 3.63) is 46.2 Å². The minimum absolute atomic E-state index is 0.0827. The Labute approximate surface area is 156 Å². The summed E-state index contributed by atoms with van der Waals surface area (Å²) in [6.07, 6.45) is 2.81. The number of aromatic nitrogens is 2. The van der Waals surface area contributed by atoms with Crippen LogP contribution in [0.2, 0.25) is 5.02 Å². The van der Waals surface area contributed by atoms with Crippen LogP contribution < -0.4 is 4.74 Å². The summed E-state index contributed by atoms with van der Waals surface area (Å²) < 4.78 is 7.03. The second-order valence-corrected chi connectivity index (χ2v) is 6.70. The van der Waals surface area contributed by atoms with E-state index in [1.54, 1.807) is 34.7 Å². The van der Waals surface area contributed by atoms with Gasteiger partial charge in [-0.05, 0) is 38.0 Å². The highest BCUT2D eigenvalue weighted by Gasteiger charge is 2.28. The monoisotopic (exact) mass is 377 g/mol. The molecule has 0 spiro atoms. The van der Waals surface area contributed by atoms with Crippen molar-refractivity contribution >= 4 is 23.5 Å². The second-order valence-electron chi connectivity index (χ2n) is 6.26. The largest absolute Gasteiger partial charge is 0.496 e. The summed E-state index contributed by atoms with van der Waals surface area (Å²) in [6.45, 7) is 2.89. The van der Waals surface area contributed by atoms with Crippen LogP contribution in [0, 0.1) is 6.92 Å². The number of ether oxygens (including phenoxy) is 1. The molecule has 0 radical (unpaired) electrons. The normalized spacial score (nSPS) is 15.1. The van der Waals surface area contributed by atoms with E-state index in [1.807, 2.05) is 0 Å². The molecular formula is C18H20ClN3O4. The lowest BCUT2D eigenvalue weighted by Crippen LogP contribution is -2.39. The zero-order valence-corrected chi connectivity index (χ0v) is 15.4. The topological polar surface area (TPSA) is 84.7 Å². The van der Waals surface area contributed by atoms with Crippen LogP contribution in [0.4, 0.5) is 0 Å². The third kappa shape index (κ3) is 3.39. The number of piperidine rings is 1. The molecule has 1 N–H and O–H groups in total. The van der Waals surface area contributed by atoms with Crippen LogP contribution in [0.3, 0.4) is 0 Å². The number of likely N-dealkylation sites (tertiary alicyclic amines) is 1. The zero-order valence-electron chi connectivity index (χ0n) is 14.6. The Morgan fingerprint density at radius 1 is 1.27 bits per heavy atom. The summed E-state index contributed by atoms with van der Waals surface area (Å²) in [7, 11) is 1.51. The van der Waals surface area contributed by atoms with E-state index in [-0.39, 0.29) is 17.5 Å². The van der Waals surface area contributed by atoms with Crippen molar-refractivity contribution in [2.45, 2.75) is 25.8 Å². The standard InChI is InChI=1S/C18H20ClN3O4/c1-11-15(18(24)25)10-20-22(11)13-5-7-21(8-6-13)17(23)14-4-3-12(19)9-16(14)26-2/h3-4,9-10,13H,5-8H2,1-2H3,(H,24,25). The van der Waals surface area contributed by atoms with Crippen LogP contribution >= 0.6 is 11.6 Å². The fraction of sp³-hybridized carbons (Fsp3) is 0.389. The lowest BCUT2D eigenvalue weighted by atomic mass is 10.0. The first-order valence-corrected chi connectivity index (χ1v) is 8.70. The average Bonchev–Trinajstić information content (AvgIpc) is 3.03. The van der Waals surface area contributed by atoms with Gasteiger partial charge >= 0.3 is 5.97 Å². The molecule has 8 heteroatoms. The molecule has 138 valence electrons. The summed E-state index contributed by atoms with van der Waals surface area (Å²) in [4.78, 5) is 25.7. The summed E-state index contributed by atoms with van der Waals surface area (Å²) in [5.74, 6) is -0.616. The van der Waals surface area contributed by atoms with Gasteiger partial charge in [-0.15, -0.1) is 0 Å². The van der Waals surface area contributed by atoms with E-state index in [4.69, 9.17) is 21.4 Å². The number of carbonyl (C=O) groups is 2. The smallest absolute Gasteiger partial charge is 0.339 e. The first-order valence-electron chi connectivity index (χ1n) is 8.32. The Balaban J connectivity index is 1.71. The van der Waals surface area contributed by atoms with Gasteiger partial charge in [0, 0.05) is 18.1 Å². The maximum absolute atomic E-state index is 12.8. The first kappa shape index (κ1) is 18.3. The molecule has 0 saturated carbocycles. The molecule has 2 heterocycles. The van der Waals surface area contributed by atoms with Crippen LogP contribution in [0.15, 0.2) is 24.4 Å². The molecule has 0 atom stereocenters. The van der Waals surface area contributed by atoms with E-state index in [0.29, 0.717) is 48.0 Å². The Bertz CT molecular complexity index is 841. The summed E-state index contributed by atoms with van der Waals surface area (Å²) in [5.41, 5.74) is 1.34. The minimum Gasteiger partial charge on any atom is -0.496 e. The molecule has 1 fully saturated rings. The molecule has 1 aromatic carbocycles. The van der Waals surface area contributed by atoms with E-state index < -0.39 is 5.97 Å². The van der Waals surface area contributed by atoms with Crippen LogP contribution in [0.5, 0.6) is 5.75 Å². The van der Waals surface area contributed by atoms with Crippen molar-refractivity contribution in [1.29, 1.82) is 0 Å². The van der Waals surface area contributed by atoms with Gasteiger partial charge in [0.1, 0.15) is 11.3 Å². The Hall–Kier alpha value is -2.54. The number of carbonyl (C=O) groups excluding carboxylic acids is 1.